The highest BCUT2D eigenvalue weighted by atomic mass is 16.5. The standard InChI is InChI=1S/C13H25NO2/c1-4-13(2,11-14-7-9-15-3)10-12-6-5-8-16-12/h4,12,14H,1,5-11H2,2-3H3. The van der Waals surface area contributed by atoms with E-state index in [1.165, 1.54) is 12.8 Å². The Kier molecular flexibility index (Phi) is 6.03. The fourth-order valence-electron chi connectivity index (χ4n) is 2.10. The second kappa shape index (κ2) is 7.05. The summed E-state index contributed by atoms with van der Waals surface area (Å²) in [4.78, 5) is 0. The molecule has 1 saturated heterocycles. The Labute approximate surface area is 99.2 Å². The number of hydrogen-bond donors (Lipinski definition) is 1. The van der Waals surface area contributed by atoms with Crippen molar-refractivity contribution in [3.8, 4) is 0 Å². The molecule has 1 rings (SSSR count). The third-order valence-electron chi connectivity index (χ3n) is 3.22. The Morgan fingerprint density at radius 3 is 3.00 bits per heavy atom. The maximum absolute atomic E-state index is 5.68. The van der Waals surface area contributed by atoms with Crippen LogP contribution in [0, 0.1) is 5.41 Å². The minimum atomic E-state index is 0.128. The lowest BCUT2D eigenvalue weighted by atomic mass is 9.84. The molecule has 3 nitrogen and oxygen atoms in total. The fraction of sp³-hybridized carbons (Fsp3) is 0.846. The number of nitrogens with one attached hydrogen (secondary N) is 1. The van der Waals surface area contributed by atoms with Gasteiger partial charge >= 0.3 is 0 Å². The lowest BCUT2D eigenvalue weighted by molar-refractivity contribution is 0.0779. The molecule has 2 unspecified atom stereocenters. The molecule has 0 bridgehead atoms. The van der Waals surface area contributed by atoms with Gasteiger partial charge < -0.3 is 14.8 Å². The Morgan fingerprint density at radius 2 is 2.44 bits per heavy atom. The second-order valence-corrected chi connectivity index (χ2v) is 4.87. The molecule has 0 radical (unpaired) electrons. The first-order valence-corrected chi connectivity index (χ1v) is 6.15. The van der Waals surface area contributed by atoms with Gasteiger partial charge in [0.25, 0.3) is 0 Å². The van der Waals surface area contributed by atoms with Crippen LogP contribution in [-0.4, -0.2) is 39.5 Å². The van der Waals surface area contributed by atoms with Crippen LogP contribution in [0.25, 0.3) is 0 Å². The first-order valence-electron chi connectivity index (χ1n) is 6.15. The molecule has 0 saturated carbocycles. The Balaban J connectivity index is 2.27. The molecule has 16 heavy (non-hydrogen) atoms. The predicted octanol–water partition coefficient (Wildman–Crippen LogP) is 1.98. The molecule has 0 amide bonds. The van der Waals surface area contributed by atoms with Crippen LogP contribution in [-0.2, 0) is 9.47 Å². The van der Waals surface area contributed by atoms with Gasteiger partial charge in [-0.25, -0.2) is 0 Å². The molecule has 0 aromatic heterocycles. The van der Waals surface area contributed by atoms with E-state index < -0.39 is 0 Å². The monoisotopic (exact) mass is 227 g/mol. The van der Waals surface area contributed by atoms with E-state index in [-0.39, 0.29) is 5.41 Å². The minimum absolute atomic E-state index is 0.128. The second-order valence-electron chi connectivity index (χ2n) is 4.87. The zero-order chi connectivity index (χ0) is 11.9. The van der Waals surface area contributed by atoms with E-state index in [0.29, 0.717) is 6.10 Å². The van der Waals surface area contributed by atoms with Crippen molar-refractivity contribution in [2.24, 2.45) is 5.41 Å². The summed E-state index contributed by atoms with van der Waals surface area (Å²) >= 11 is 0. The van der Waals surface area contributed by atoms with Gasteiger partial charge in [-0.2, -0.15) is 0 Å². The Hall–Kier alpha value is -0.380. The van der Waals surface area contributed by atoms with E-state index in [4.69, 9.17) is 9.47 Å². The SMILES string of the molecule is C=CC(C)(CNCCOC)CC1CCCO1. The van der Waals surface area contributed by atoms with E-state index in [9.17, 15) is 0 Å². The molecule has 0 spiro atoms. The highest BCUT2D eigenvalue weighted by Gasteiger charge is 2.27. The molecule has 1 N–H and O–H groups in total. The van der Waals surface area contributed by atoms with Gasteiger partial charge in [-0.15, -0.1) is 6.58 Å². The van der Waals surface area contributed by atoms with Crippen molar-refractivity contribution in [1.29, 1.82) is 0 Å². The molecule has 1 aliphatic heterocycles. The van der Waals surface area contributed by atoms with E-state index >= 15 is 0 Å². The van der Waals surface area contributed by atoms with Crippen LogP contribution in [0.1, 0.15) is 26.2 Å². The largest absolute Gasteiger partial charge is 0.383 e. The van der Waals surface area contributed by atoms with Crippen LogP contribution >= 0.6 is 0 Å². The average Bonchev–Trinajstić information content (AvgIpc) is 2.77. The van der Waals surface area contributed by atoms with Gasteiger partial charge in [-0.1, -0.05) is 13.0 Å². The molecule has 1 fully saturated rings. The van der Waals surface area contributed by atoms with Crippen LogP contribution in [0.4, 0.5) is 0 Å². The number of rotatable bonds is 8. The quantitative estimate of drug-likeness (QED) is 0.508. The van der Waals surface area contributed by atoms with Gasteiger partial charge in [0, 0.05) is 32.2 Å². The number of hydrogen-bond acceptors (Lipinski definition) is 3. The summed E-state index contributed by atoms with van der Waals surface area (Å²) < 4.78 is 10.7. The summed E-state index contributed by atoms with van der Waals surface area (Å²) in [5.41, 5.74) is 0.128. The third kappa shape index (κ3) is 4.64. The van der Waals surface area contributed by atoms with Crippen molar-refractivity contribution in [1.82, 2.24) is 5.32 Å². The molecule has 2 atom stereocenters. The van der Waals surface area contributed by atoms with Crippen molar-refractivity contribution in [2.75, 3.05) is 33.4 Å². The van der Waals surface area contributed by atoms with E-state index in [1.807, 2.05) is 0 Å². The highest BCUT2D eigenvalue weighted by molar-refractivity contribution is 4.95. The Bertz CT molecular complexity index is 202. The molecule has 0 aromatic carbocycles. The zero-order valence-corrected chi connectivity index (χ0v) is 10.6. The van der Waals surface area contributed by atoms with Crippen LogP contribution < -0.4 is 5.32 Å². The summed E-state index contributed by atoms with van der Waals surface area (Å²) in [6.07, 6.45) is 5.94. The van der Waals surface area contributed by atoms with Crippen LogP contribution in [0.15, 0.2) is 12.7 Å². The van der Waals surface area contributed by atoms with E-state index in [0.717, 1.165) is 32.7 Å². The first-order chi connectivity index (χ1) is 7.70. The molecule has 1 aliphatic rings. The smallest absolute Gasteiger partial charge is 0.0587 e. The molecule has 0 aromatic rings. The van der Waals surface area contributed by atoms with Crippen molar-refractivity contribution >= 4 is 0 Å². The van der Waals surface area contributed by atoms with Crippen molar-refractivity contribution in [2.45, 2.75) is 32.3 Å². The maximum Gasteiger partial charge on any atom is 0.0587 e. The van der Waals surface area contributed by atoms with Gasteiger partial charge in [0.15, 0.2) is 0 Å². The zero-order valence-electron chi connectivity index (χ0n) is 10.6. The minimum Gasteiger partial charge on any atom is -0.383 e. The number of ether oxygens (including phenoxy) is 2. The van der Waals surface area contributed by atoms with Gasteiger partial charge in [0.2, 0.25) is 0 Å². The van der Waals surface area contributed by atoms with Gasteiger partial charge in [-0.3, -0.25) is 0 Å². The summed E-state index contributed by atoms with van der Waals surface area (Å²) in [7, 11) is 1.72. The summed E-state index contributed by atoms with van der Waals surface area (Å²) in [5, 5.41) is 3.40. The first kappa shape index (κ1) is 13.7. The van der Waals surface area contributed by atoms with Crippen LogP contribution in [0.3, 0.4) is 0 Å². The molecule has 1 heterocycles. The lowest BCUT2D eigenvalue weighted by Gasteiger charge is -2.28. The van der Waals surface area contributed by atoms with Gasteiger partial charge in [0.1, 0.15) is 0 Å². The molecule has 0 aliphatic carbocycles. The maximum atomic E-state index is 5.68. The van der Waals surface area contributed by atoms with E-state index in [1.54, 1.807) is 7.11 Å². The molecular formula is C13H25NO2. The van der Waals surface area contributed by atoms with Crippen molar-refractivity contribution in [3.05, 3.63) is 12.7 Å². The van der Waals surface area contributed by atoms with E-state index in [2.05, 4.69) is 24.9 Å². The summed E-state index contributed by atoms with van der Waals surface area (Å²) in [5.74, 6) is 0. The predicted molar refractivity (Wildman–Crippen MR) is 66.6 cm³/mol. The van der Waals surface area contributed by atoms with Crippen molar-refractivity contribution < 1.29 is 9.47 Å². The number of methoxy groups -OCH3 is 1. The third-order valence-corrected chi connectivity index (χ3v) is 3.22. The summed E-state index contributed by atoms with van der Waals surface area (Å²) in [6.45, 7) is 9.71. The summed E-state index contributed by atoms with van der Waals surface area (Å²) in [6, 6.07) is 0. The molecule has 3 heteroatoms. The normalized spacial score (nSPS) is 24.2. The van der Waals surface area contributed by atoms with Crippen LogP contribution in [0.5, 0.6) is 0 Å². The Morgan fingerprint density at radius 1 is 1.62 bits per heavy atom. The van der Waals surface area contributed by atoms with Gasteiger partial charge in [0.05, 0.1) is 12.7 Å². The highest BCUT2D eigenvalue weighted by Crippen LogP contribution is 2.29. The molecular weight excluding hydrogens is 202 g/mol. The van der Waals surface area contributed by atoms with Crippen LogP contribution in [0.2, 0.25) is 0 Å². The lowest BCUT2D eigenvalue weighted by Crippen LogP contribution is -2.34. The van der Waals surface area contributed by atoms with Crippen molar-refractivity contribution in [3.63, 3.8) is 0 Å². The average molecular weight is 227 g/mol. The molecule has 94 valence electrons. The van der Waals surface area contributed by atoms with Gasteiger partial charge in [-0.05, 0) is 19.3 Å². The fourth-order valence-corrected chi connectivity index (χ4v) is 2.10. The topological polar surface area (TPSA) is 30.5 Å².